The highest BCUT2D eigenvalue weighted by molar-refractivity contribution is 5.46. The molecular weight excluding hydrogens is 516 g/mol. The van der Waals surface area contributed by atoms with E-state index in [1.165, 1.54) is 38.9 Å². The zero-order valence-electron chi connectivity index (χ0n) is 29.5. The minimum absolute atomic E-state index is 0.244. The van der Waals surface area contributed by atoms with Crippen LogP contribution in [0.15, 0.2) is 36.4 Å². The molecule has 0 aliphatic heterocycles. The summed E-state index contributed by atoms with van der Waals surface area (Å²) in [5.41, 5.74) is 11.2. The summed E-state index contributed by atoms with van der Waals surface area (Å²) in [6, 6.07) is 13.1. The van der Waals surface area contributed by atoms with Crippen LogP contribution in [0.2, 0.25) is 0 Å². The molecule has 0 aromatic heterocycles. The van der Waals surface area contributed by atoms with E-state index >= 15 is 0 Å². The molecule has 0 amide bonds. The van der Waals surface area contributed by atoms with E-state index in [1.54, 1.807) is 7.11 Å². The zero-order chi connectivity index (χ0) is 32.3. The lowest BCUT2D eigenvalue weighted by Gasteiger charge is -2.18. The average molecular weight is 577 g/mol. The third kappa shape index (κ3) is 10.7. The standard InChI is InChI=1S/C15H24O.2C12H18O/c1-7-13-9-14(10(2)3)8-12(6)15(13)16-11(4)5;1-8(2)11-6-9(3)12(13-5)10(4)7-11;1-5-10-7-11(8(2)3)6-9(4)12(10)13/h8-11H,7H2,1-6H3;6-8H,1-5H3;6-8,13H,5H2,1-4H3. The van der Waals surface area contributed by atoms with Gasteiger partial charge < -0.3 is 14.6 Å². The van der Waals surface area contributed by atoms with Gasteiger partial charge in [-0.1, -0.05) is 91.8 Å². The number of phenolic OH excluding ortho intramolecular Hbond substituents is 1. The Kier molecular flexibility index (Phi) is 15.2. The van der Waals surface area contributed by atoms with Crippen LogP contribution in [-0.2, 0) is 12.8 Å². The second-order valence-electron chi connectivity index (χ2n) is 12.7. The number of aryl methyl sites for hydroxylation is 6. The van der Waals surface area contributed by atoms with E-state index in [2.05, 4.69) is 126 Å². The van der Waals surface area contributed by atoms with Crippen LogP contribution in [0.4, 0.5) is 0 Å². The van der Waals surface area contributed by atoms with Gasteiger partial charge in [0, 0.05) is 0 Å². The lowest BCUT2D eigenvalue weighted by atomic mass is 9.96. The fourth-order valence-corrected chi connectivity index (χ4v) is 5.00. The molecule has 0 atom stereocenters. The van der Waals surface area contributed by atoms with Crippen molar-refractivity contribution < 1.29 is 14.6 Å². The second kappa shape index (κ2) is 17.2. The molecule has 1 N–H and O–H groups in total. The monoisotopic (exact) mass is 576 g/mol. The van der Waals surface area contributed by atoms with Crippen LogP contribution in [0, 0.1) is 27.7 Å². The van der Waals surface area contributed by atoms with Gasteiger partial charge in [0.2, 0.25) is 0 Å². The van der Waals surface area contributed by atoms with E-state index in [9.17, 15) is 5.11 Å². The van der Waals surface area contributed by atoms with Gasteiger partial charge in [-0.3, -0.25) is 0 Å². The molecule has 3 aromatic rings. The smallest absolute Gasteiger partial charge is 0.125 e. The molecule has 3 heteroatoms. The molecule has 0 fully saturated rings. The predicted molar refractivity (Wildman–Crippen MR) is 183 cm³/mol. The Morgan fingerprint density at radius 2 is 0.905 bits per heavy atom. The minimum atomic E-state index is 0.244. The first kappa shape index (κ1) is 37.1. The fraction of sp³-hybridized carbons (Fsp3) is 0.538. The molecule has 0 saturated heterocycles. The van der Waals surface area contributed by atoms with Crippen molar-refractivity contribution in [2.75, 3.05) is 7.11 Å². The number of hydrogen-bond acceptors (Lipinski definition) is 3. The third-order valence-corrected chi connectivity index (χ3v) is 7.58. The molecule has 42 heavy (non-hydrogen) atoms. The SMILES string of the molecule is CCc1cc(C(C)C)cc(C)c1O.CCc1cc(C(C)C)cc(C)c1OC(C)C.COc1c(C)cc(C(C)C)cc1C. The molecule has 0 aliphatic rings. The molecule has 0 aliphatic carbocycles. The number of ether oxygens (including phenoxy) is 2. The number of hydrogen-bond donors (Lipinski definition) is 1. The summed E-state index contributed by atoms with van der Waals surface area (Å²) in [5, 5.41) is 9.70. The quantitative estimate of drug-likeness (QED) is 0.290. The van der Waals surface area contributed by atoms with Gasteiger partial charge in [-0.2, -0.15) is 0 Å². The third-order valence-electron chi connectivity index (χ3n) is 7.58. The first-order valence-electron chi connectivity index (χ1n) is 15.8. The van der Waals surface area contributed by atoms with Gasteiger partial charge in [0.05, 0.1) is 13.2 Å². The second-order valence-corrected chi connectivity index (χ2v) is 12.7. The molecular formula is C39H60O3. The van der Waals surface area contributed by atoms with E-state index in [0.717, 1.165) is 35.5 Å². The maximum atomic E-state index is 9.70. The van der Waals surface area contributed by atoms with Crippen LogP contribution in [0.3, 0.4) is 0 Å². The first-order valence-corrected chi connectivity index (χ1v) is 15.8. The Hall–Kier alpha value is -2.94. The van der Waals surface area contributed by atoms with Crippen molar-refractivity contribution in [1.29, 1.82) is 0 Å². The van der Waals surface area contributed by atoms with Crippen molar-refractivity contribution in [3.63, 3.8) is 0 Å². The summed E-state index contributed by atoms with van der Waals surface area (Å²) in [4.78, 5) is 0. The number of phenols is 1. The highest BCUT2D eigenvalue weighted by Gasteiger charge is 2.12. The summed E-state index contributed by atoms with van der Waals surface area (Å²) < 4.78 is 11.2. The molecule has 3 aromatic carbocycles. The summed E-state index contributed by atoms with van der Waals surface area (Å²) >= 11 is 0. The van der Waals surface area contributed by atoms with Crippen LogP contribution in [0.5, 0.6) is 17.2 Å². The highest BCUT2D eigenvalue weighted by atomic mass is 16.5. The molecule has 0 radical (unpaired) electrons. The van der Waals surface area contributed by atoms with Crippen molar-refractivity contribution in [3.8, 4) is 17.2 Å². The summed E-state index contributed by atoms with van der Waals surface area (Å²) in [5.74, 6) is 4.27. The molecule has 234 valence electrons. The molecule has 0 spiro atoms. The molecule has 0 unspecified atom stereocenters. The molecule has 0 bridgehead atoms. The van der Waals surface area contributed by atoms with Crippen molar-refractivity contribution in [3.05, 3.63) is 86.5 Å². The molecule has 0 heterocycles. The molecule has 3 rings (SSSR count). The first-order chi connectivity index (χ1) is 19.6. The van der Waals surface area contributed by atoms with E-state index in [4.69, 9.17) is 9.47 Å². The number of methoxy groups -OCH3 is 1. The Morgan fingerprint density at radius 1 is 0.548 bits per heavy atom. The van der Waals surface area contributed by atoms with E-state index in [0.29, 0.717) is 23.5 Å². The van der Waals surface area contributed by atoms with Crippen LogP contribution in [0.25, 0.3) is 0 Å². The Balaban J connectivity index is 0.000000318. The van der Waals surface area contributed by atoms with Gasteiger partial charge in [0.15, 0.2) is 0 Å². The molecule has 3 nitrogen and oxygen atoms in total. The van der Waals surface area contributed by atoms with Gasteiger partial charge in [-0.25, -0.2) is 0 Å². The summed E-state index contributed by atoms with van der Waals surface area (Å²) in [7, 11) is 1.73. The van der Waals surface area contributed by atoms with Crippen LogP contribution >= 0.6 is 0 Å². The zero-order valence-corrected chi connectivity index (χ0v) is 29.5. The normalized spacial score (nSPS) is 10.9. The number of rotatable bonds is 8. The lowest BCUT2D eigenvalue weighted by Crippen LogP contribution is -2.09. The predicted octanol–water partition coefficient (Wildman–Crippen LogP) is 11.3. The maximum Gasteiger partial charge on any atom is 0.125 e. The van der Waals surface area contributed by atoms with Gasteiger partial charge in [0.1, 0.15) is 17.2 Å². The van der Waals surface area contributed by atoms with Crippen LogP contribution in [0.1, 0.15) is 137 Å². The largest absolute Gasteiger partial charge is 0.507 e. The highest BCUT2D eigenvalue weighted by Crippen LogP contribution is 2.31. The minimum Gasteiger partial charge on any atom is -0.507 e. The Morgan fingerprint density at radius 3 is 1.26 bits per heavy atom. The lowest BCUT2D eigenvalue weighted by molar-refractivity contribution is 0.238. The topological polar surface area (TPSA) is 38.7 Å². The number of benzene rings is 3. The van der Waals surface area contributed by atoms with Gasteiger partial charge in [0.25, 0.3) is 0 Å². The number of aromatic hydroxyl groups is 1. The molecule has 0 saturated carbocycles. The summed E-state index contributed by atoms with van der Waals surface area (Å²) in [6.07, 6.45) is 2.17. The summed E-state index contributed by atoms with van der Waals surface area (Å²) in [6.45, 7) is 29.9. The van der Waals surface area contributed by atoms with Crippen molar-refractivity contribution in [2.24, 2.45) is 0 Å². The maximum absolute atomic E-state index is 9.70. The van der Waals surface area contributed by atoms with E-state index < -0.39 is 0 Å². The van der Waals surface area contributed by atoms with Crippen LogP contribution < -0.4 is 9.47 Å². The Labute approximate surface area is 258 Å². The Bertz CT molecular complexity index is 1240. The van der Waals surface area contributed by atoms with Crippen molar-refractivity contribution in [2.45, 2.75) is 134 Å². The van der Waals surface area contributed by atoms with Gasteiger partial charge in [-0.05, 0) is 122 Å². The van der Waals surface area contributed by atoms with Crippen LogP contribution in [-0.4, -0.2) is 18.3 Å². The average Bonchev–Trinajstić information content (AvgIpc) is 2.91. The van der Waals surface area contributed by atoms with Crippen molar-refractivity contribution >= 4 is 0 Å². The van der Waals surface area contributed by atoms with E-state index in [-0.39, 0.29) is 6.10 Å². The van der Waals surface area contributed by atoms with Crippen molar-refractivity contribution in [1.82, 2.24) is 0 Å². The van der Waals surface area contributed by atoms with E-state index in [1.807, 2.05) is 6.92 Å². The fourth-order valence-electron chi connectivity index (χ4n) is 5.00. The van der Waals surface area contributed by atoms with Gasteiger partial charge >= 0.3 is 0 Å². The van der Waals surface area contributed by atoms with Gasteiger partial charge in [-0.15, -0.1) is 0 Å².